The average Bonchev–Trinajstić information content (AvgIpc) is 2.72. The van der Waals surface area contributed by atoms with Crippen LogP contribution in [0.3, 0.4) is 0 Å². The zero-order chi connectivity index (χ0) is 21.1. The summed E-state index contributed by atoms with van der Waals surface area (Å²) in [6.45, 7) is 2.67. The Kier molecular flexibility index (Phi) is 8.85. The van der Waals surface area contributed by atoms with Gasteiger partial charge in [0.2, 0.25) is 5.91 Å². The van der Waals surface area contributed by atoms with Gasteiger partial charge in [0, 0.05) is 18.2 Å². The normalized spacial score (nSPS) is 10.4. The van der Waals surface area contributed by atoms with E-state index in [9.17, 15) is 9.59 Å². The number of thiocarbonyl (C=S) groups is 1. The molecule has 2 aromatic carbocycles. The average molecular weight is 412 g/mol. The summed E-state index contributed by atoms with van der Waals surface area (Å²) >= 11 is 5.21. The number of amides is 2. The molecule has 2 amide bonds. The van der Waals surface area contributed by atoms with Crippen LogP contribution in [0.4, 0.5) is 5.69 Å². The molecule has 0 aromatic heterocycles. The number of methoxy groups -OCH3 is 1. The van der Waals surface area contributed by atoms with Crippen LogP contribution in [0.1, 0.15) is 35.7 Å². The van der Waals surface area contributed by atoms with E-state index in [1.165, 1.54) is 6.08 Å². The minimum absolute atomic E-state index is 0.105. The molecule has 0 aliphatic heterocycles. The van der Waals surface area contributed by atoms with Crippen LogP contribution in [0.25, 0.3) is 6.08 Å². The molecule has 0 bridgehead atoms. The van der Waals surface area contributed by atoms with E-state index in [0.29, 0.717) is 23.5 Å². The van der Waals surface area contributed by atoms with E-state index in [1.54, 1.807) is 37.5 Å². The van der Waals surface area contributed by atoms with Gasteiger partial charge in [0.15, 0.2) is 5.11 Å². The van der Waals surface area contributed by atoms with Crippen LogP contribution in [0, 0.1) is 0 Å². The Morgan fingerprint density at radius 3 is 2.59 bits per heavy atom. The van der Waals surface area contributed by atoms with Crippen LogP contribution in [-0.2, 0) is 4.79 Å². The van der Waals surface area contributed by atoms with E-state index < -0.39 is 5.91 Å². The van der Waals surface area contributed by atoms with Crippen molar-refractivity contribution in [2.75, 3.05) is 19.0 Å². The second-order valence-corrected chi connectivity index (χ2v) is 6.58. The summed E-state index contributed by atoms with van der Waals surface area (Å²) in [4.78, 5) is 24.5. The second-order valence-electron chi connectivity index (χ2n) is 6.17. The molecule has 0 radical (unpaired) electrons. The Bertz CT molecular complexity index is 896. The lowest BCUT2D eigenvalue weighted by molar-refractivity contribution is -0.115. The Hall–Kier alpha value is -3.19. The maximum Gasteiger partial charge on any atom is 0.253 e. The molecule has 7 heteroatoms. The van der Waals surface area contributed by atoms with Crippen LogP contribution >= 0.6 is 12.2 Å². The van der Waals surface area contributed by atoms with Crippen molar-refractivity contribution in [2.45, 2.75) is 19.8 Å². The largest absolute Gasteiger partial charge is 0.496 e. The number of anilines is 1. The summed E-state index contributed by atoms with van der Waals surface area (Å²) in [7, 11) is 1.57. The lowest BCUT2D eigenvalue weighted by Gasteiger charge is -2.13. The number of unbranched alkanes of at least 4 members (excludes halogenated alkanes) is 1. The maximum absolute atomic E-state index is 12.4. The van der Waals surface area contributed by atoms with E-state index in [1.807, 2.05) is 24.3 Å². The predicted molar refractivity (Wildman–Crippen MR) is 120 cm³/mol. The molecular formula is C22H25N3O3S. The molecule has 0 aliphatic carbocycles. The molecule has 0 aliphatic rings. The number of benzene rings is 2. The maximum atomic E-state index is 12.4. The highest BCUT2D eigenvalue weighted by Gasteiger charge is 2.12. The Morgan fingerprint density at radius 1 is 1.10 bits per heavy atom. The van der Waals surface area contributed by atoms with Gasteiger partial charge in [-0.3, -0.25) is 14.9 Å². The Labute approximate surface area is 176 Å². The summed E-state index contributed by atoms with van der Waals surface area (Å²) in [5, 5.41) is 8.47. The molecule has 2 aromatic rings. The predicted octanol–water partition coefficient (Wildman–Crippen LogP) is 3.75. The fourth-order valence-corrected chi connectivity index (χ4v) is 2.75. The summed E-state index contributed by atoms with van der Waals surface area (Å²) in [5.74, 6) is 0.0882. The number of carbonyl (C=O) groups excluding carboxylic acids is 2. The van der Waals surface area contributed by atoms with Gasteiger partial charge in [-0.25, -0.2) is 0 Å². The van der Waals surface area contributed by atoms with Gasteiger partial charge in [-0.05, 0) is 42.9 Å². The highest BCUT2D eigenvalue weighted by atomic mass is 32.1. The van der Waals surface area contributed by atoms with Crippen molar-refractivity contribution >= 4 is 40.9 Å². The lowest BCUT2D eigenvalue weighted by atomic mass is 10.1. The quantitative estimate of drug-likeness (QED) is 0.350. The second kappa shape index (κ2) is 11.6. The van der Waals surface area contributed by atoms with Crippen molar-refractivity contribution in [1.82, 2.24) is 10.6 Å². The minimum Gasteiger partial charge on any atom is -0.496 e. The third-order valence-electron chi connectivity index (χ3n) is 4.03. The molecular weight excluding hydrogens is 386 g/mol. The molecule has 0 atom stereocenters. The van der Waals surface area contributed by atoms with E-state index in [-0.39, 0.29) is 11.0 Å². The smallest absolute Gasteiger partial charge is 0.253 e. The summed E-state index contributed by atoms with van der Waals surface area (Å²) in [5.41, 5.74) is 1.77. The molecule has 0 spiro atoms. The number of hydrogen-bond acceptors (Lipinski definition) is 4. The minimum atomic E-state index is -0.390. The molecule has 0 saturated heterocycles. The van der Waals surface area contributed by atoms with Gasteiger partial charge in [0.05, 0.1) is 18.4 Å². The first-order valence-corrected chi connectivity index (χ1v) is 9.76. The van der Waals surface area contributed by atoms with Gasteiger partial charge in [0.1, 0.15) is 5.75 Å². The lowest BCUT2D eigenvalue weighted by Crippen LogP contribution is -2.34. The SMILES string of the molecule is CCCCNC(=O)c1ccccc1NC(=S)NC(=O)/C=C/c1ccccc1OC. The molecule has 152 valence electrons. The molecule has 2 rings (SSSR count). The van der Waals surface area contributed by atoms with E-state index >= 15 is 0 Å². The summed E-state index contributed by atoms with van der Waals surface area (Å²) in [6.07, 6.45) is 4.92. The van der Waals surface area contributed by atoms with E-state index in [4.69, 9.17) is 17.0 Å². The highest BCUT2D eigenvalue weighted by molar-refractivity contribution is 7.80. The Morgan fingerprint density at radius 2 is 1.83 bits per heavy atom. The van der Waals surface area contributed by atoms with Crippen molar-refractivity contribution < 1.29 is 14.3 Å². The van der Waals surface area contributed by atoms with Gasteiger partial charge >= 0.3 is 0 Å². The molecule has 3 N–H and O–H groups in total. The van der Waals surface area contributed by atoms with E-state index in [0.717, 1.165) is 18.4 Å². The van der Waals surface area contributed by atoms with Gasteiger partial charge in [-0.2, -0.15) is 0 Å². The number of nitrogens with one attached hydrogen (secondary N) is 3. The van der Waals surface area contributed by atoms with Crippen molar-refractivity contribution in [3.05, 3.63) is 65.7 Å². The molecule has 29 heavy (non-hydrogen) atoms. The fourth-order valence-electron chi connectivity index (χ4n) is 2.54. The van der Waals surface area contributed by atoms with Crippen molar-refractivity contribution in [3.63, 3.8) is 0 Å². The van der Waals surface area contributed by atoms with Crippen LogP contribution in [0.15, 0.2) is 54.6 Å². The first-order chi connectivity index (χ1) is 14.0. The topological polar surface area (TPSA) is 79.5 Å². The van der Waals surface area contributed by atoms with Gasteiger partial charge < -0.3 is 15.4 Å². The molecule has 0 saturated carbocycles. The van der Waals surface area contributed by atoms with Crippen molar-refractivity contribution in [3.8, 4) is 5.75 Å². The molecule has 0 fully saturated rings. The molecule has 6 nitrogen and oxygen atoms in total. The third-order valence-corrected chi connectivity index (χ3v) is 4.23. The standard InChI is InChI=1S/C22H25N3O3S/c1-3-4-15-23-21(27)17-10-6-7-11-18(17)24-22(29)25-20(26)14-13-16-9-5-8-12-19(16)28-2/h5-14H,3-4,15H2,1-2H3,(H,23,27)(H2,24,25,26,29)/b14-13+. The fraction of sp³-hybridized carbons (Fsp3) is 0.227. The van der Waals surface area contributed by atoms with Crippen molar-refractivity contribution in [2.24, 2.45) is 0 Å². The summed E-state index contributed by atoms with van der Waals surface area (Å²) in [6, 6.07) is 14.4. The molecule has 0 heterocycles. The first kappa shape index (κ1) is 22.1. The van der Waals surface area contributed by atoms with Gasteiger partial charge in [0.25, 0.3) is 5.91 Å². The monoisotopic (exact) mass is 411 g/mol. The molecule has 0 unspecified atom stereocenters. The highest BCUT2D eigenvalue weighted by Crippen LogP contribution is 2.18. The number of ether oxygens (including phenoxy) is 1. The van der Waals surface area contributed by atoms with Gasteiger partial charge in [-0.1, -0.05) is 43.7 Å². The van der Waals surface area contributed by atoms with E-state index in [2.05, 4.69) is 22.9 Å². The number of para-hydroxylation sites is 2. The zero-order valence-corrected chi connectivity index (χ0v) is 17.3. The number of carbonyl (C=O) groups is 2. The summed E-state index contributed by atoms with van der Waals surface area (Å²) < 4.78 is 5.25. The Balaban J connectivity index is 1.97. The number of hydrogen-bond donors (Lipinski definition) is 3. The third kappa shape index (κ3) is 7.04. The van der Waals surface area contributed by atoms with Crippen LogP contribution < -0.4 is 20.7 Å². The zero-order valence-electron chi connectivity index (χ0n) is 16.5. The van der Waals surface area contributed by atoms with Gasteiger partial charge in [-0.15, -0.1) is 0 Å². The first-order valence-electron chi connectivity index (χ1n) is 9.35. The van der Waals surface area contributed by atoms with Crippen LogP contribution in [0.2, 0.25) is 0 Å². The number of rotatable bonds is 8. The van der Waals surface area contributed by atoms with Crippen LogP contribution in [-0.4, -0.2) is 30.6 Å². The van der Waals surface area contributed by atoms with Crippen molar-refractivity contribution in [1.29, 1.82) is 0 Å². The van der Waals surface area contributed by atoms with Crippen LogP contribution in [0.5, 0.6) is 5.75 Å².